The maximum Gasteiger partial charge on any atom is 0.407 e. The van der Waals surface area contributed by atoms with Gasteiger partial charge in [-0.1, -0.05) is 36.4 Å². The van der Waals surface area contributed by atoms with E-state index in [1.54, 1.807) is 0 Å². The highest BCUT2D eigenvalue weighted by Gasteiger charge is 2.31. The highest BCUT2D eigenvalue weighted by atomic mass is 32.2. The van der Waals surface area contributed by atoms with Crippen LogP contribution in [-0.4, -0.2) is 66.9 Å². The molecule has 1 aromatic carbocycles. The predicted octanol–water partition coefficient (Wildman–Crippen LogP) is 2.00. The number of carboxylic acid groups (broad SMARTS) is 1. The zero-order valence-electron chi connectivity index (χ0n) is 15.5. The van der Waals surface area contributed by atoms with Crippen molar-refractivity contribution in [3.8, 4) is 0 Å². The number of nitrogens with zero attached hydrogens (tertiary/aromatic N) is 2. The number of sulfonamides is 1. The van der Waals surface area contributed by atoms with Crippen molar-refractivity contribution in [3.63, 3.8) is 0 Å². The van der Waals surface area contributed by atoms with E-state index in [0.717, 1.165) is 11.1 Å². The van der Waals surface area contributed by atoms with Crippen LogP contribution in [0.25, 0.3) is 5.57 Å². The lowest BCUT2D eigenvalue weighted by Gasteiger charge is -2.29. The summed E-state index contributed by atoms with van der Waals surface area (Å²) in [5, 5.41) is 8.93. The minimum atomic E-state index is -3.71. The first-order chi connectivity index (χ1) is 13.4. The van der Waals surface area contributed by atoms with Crippen molar-refractivity contribution in [1.82, 2.24) is 9.21 Å². The minimum absolute atomic E-state index is 0.251. The number of ether oxygens (including phenoxy) is 1. The first-order valence-corrected chi connectivity index (χ1v) is 10.8. The number of esters is 1. The lowest BCUT2D eigenvalue weighted by atomic mass is 9.97. The Kier molecular flexibility index (Phi) is 6.35. The Bertz CT molecular complexity index is 844. The molecule has 3 rings (SSSR count). The van der Waals surface area contributed by atoms with E-state index in [-0.39, 0.29) is 19.6 Å². The van der Waals surface area contributed by atoms with Gasteiger partial charge in [-0.15, -0.1) is 0 Å². The number of carbonyl (C=O) groups excluding carboxylic acids is 1. The van der Waals surface area contributed by atoms with Gasteiger partial charge in [0.2, 0.25) is 16.0 Å². The number of likely N-dealkylation sites (tertiary alicyclic amines) is 1. The molecule has 1 amide bonds. The number of piperidine rings is 1. The Morgan fingerprint density at radius 3 is 2.36 bits per heavy atom. The van der Waals surface area contributed by atoms with Gasteiger partial charge in [-0.25, -0.2) is 13.2 Å². The Morgan fingerprint density at radius 1 is 1.11 bits per heavy atom. The summed E-state index contributed by atoms with van der Waals surface area (Å²) in [6.07, 6.45) is 2.17. The fourth-order valence-electron chi connectivity index (χ4n) is 3.45. The van der Waals surface area contributed by atoms with E-state index in [1.165, 1.54) is 9.21 Å². The summed E-state index contributed by atoms with van der Waals surface area (Å²) in [7, 11) is -3.71. The normalized spacial score (nSPS) is 19.1. The monoisotopic (exact) mass is 408 g/mol. The van der Waals surface area contributed by atoms with Crippen LogP contribution in [-0.2, 0) is 19.6 Å². The van der Waals surface area contributed by atoms with Crippen molar-refractivity contribution in [3.05, 3.63) is 42.0 Å². The second-order valence-electron chi connectivity index (χ2n) is 6.94. The average Bonchev–Trinajstić information content (AvgIpc) is 2.73. The molecule has 152 valence electrons. The van der Waals surface area contributed by atoms with Gasteiger partial charge < -0.3 is 14.7 Å². The van der Waals surface area contributed by atoms with Crippen molar-refractivity contribution >= 4 is 27.7 Å². The Labute approximate surface area is 164 Å². The van der Waals surface area contributed by atoms with Crippen molar-refractivity contribution in [2.75, 3.05) is 32.1 Å². The van der Waals surface area contributed by atoms with Gasteiger partial charge in [0.05, 0.1) is 5.92 Å². The predicted molar refractivity (Wildman–Crippen MR) is 103 cm³/mol. The van der Waals surface area contributed by atoms with Crippen LogP contribution in [0.5, 0.6) is 0 Å². The van der Waals surface area contributed by atoms with Crippen LogP contribution in [0.1, 0.15) is 24.8 Å². The van der Waals surface area contributed by atoms with Crippen molar-refractivity contribution in [1.29, 1.82) is 0 Å². The molecule has 0 unspecified atom stereocenters. The van der Waals surface area contributed by atoms with Gasteiger partial charge in [-0.2, -0.15) is 4.31 Å². The zero-order valence-corrected chi connectivity index (χ0v) is 16.3. The Hall–Kier alpha value is -2.39. The maximum absolute atomic E-state index is 12.5. The fraction of sp³-hybridized carbons (Fsp3) is 0.474. The first-order valence-electron chi connectivity index (χ1n) is 9.23. The van der Waals surface area contributed by atoms with Crippen molar-refractivity contribution in [2.45, 2.75) is 19.3 Å². The van der Waals surface area contributed by atoms with E-state index in [0.29, 0.717) is 25.8 Å². The molecule has 2 heterocycles. The van der Waals surface area contributed by atoms with Gasteiger partial charge in [0.15, 0.2) is 0 Å². The molecule has 0 atom stereocenters. The molecule has 0 aliphatic carbocycles. The molecule has 1 saturated heterocycles. The number of hydrogen-bond acceptors (Lipinski definition) is 5. The summed E-state index contributed by atoms with van der Waals surface area (Å²) in [6.45, 7) is 1.10. The maximum atomic E-state index is 12.5. The van der Waals surface area contributed by atoms with Crippen LogP contribution < -0.4 is 0 Å². The van der Waals surface area contributed by atoms with Crippen LogP contribution in [0.2, 0.25) is 0 Å². The van der Waals surface area contributed by atoms with Crippen molar-refractivity contribution in [2.24, 2.45) is 5.92 Å². The summed E-state index contributed by atoms with van der Waals surface area (Å²) in [5.41, 5.74) is 2.19. The molecule has 0 aromatic heterocycles. The van der Waals surface area contributed by atoms with Crippen LogP contribution in [0.15, 0.2) is 36.4 Å². The molecule has 9 heteroatoms. The minimum Gasteiger partial charge on any atom is -0.465 e. The van der Waals surface area contributed by atoms with E-state index in [4.69, 9.17) is 9.84 Å². The molecule has 1 aromatic rings. The van der Waals surface area contributed by atoms with E-state index in [1.807, 2.05) is 36.4 Å². The summed E-state index contributed by atoms with van der Waals surface area (Å²) < 4.78 is 31.4. The molecule has 1 fully saturated rings. The number of rotatable bonds is 5. The third-order valence-corrected chi connectivity index (χ3v) is 6.69. The molecular weight excluding hydrogens is 384 g/mol. The second kappa shape index (κ2) is 8.74. The molecule has 28 heavy (non-hydrogen) atoms. The van der Waals surface area contributed by atoms with E-state index in [9.17, 15) is 18.0 Å². The smallest absolute Gasteiger partial charge is 0.407 e. The molecule has 1 N–H and O–H groups in total. The van der Waals surface area contributed by atoms with Gasteiger partial charge in [-0.3, -0.25) is 4.79 Å². The SMILES string of the molecule is O=C(OCS(=O)(=O)N1CC=C(c2ccccc2)CC1)C1CCN(C(=O)O)CC1. The van der Waals surface area contributed by atoms with Crippen LogP contribution in [0.4, 0.5) is 4.79 Å². The van der Waals surface area contributed by atoms with E-state index in [2.05, 4.69) is 0 Å². The van der Waals surface area contributed by atoms with Crippen LogP contribution >= 0.6 is 0 Å². The van der Waals surface area contributed by atoms with E-state index < -0.39 is 33.9 Å². The fourth-order valence-corrected chi connectivity index (χ4v) is 4.53. The largest absolute Gasteiger partial charge is 0.465 e. The topological polar surface area (TPSA) is 104 Å². The van der Waals surface area contributed by atoms with Crippen LogP contribution in [0, 0.1) is 5.92 Å². The molecule has 0 bridgehead atoms. The van der Waals surface area contributed by atoms with Gasteiger partial charge in [0.25, 0.3) is 0 Å². The van der Waals surface area contributed by atoms with Crippen molar-refractivity contribution < 1.29 is 27.9 Å². The number of hydrogen-bond donors (Lipinski definition) is 1. The molecule has 2 aliphatic heterocycles. The number of amides is 1. The Balaban J connectivity index is 1.50. The lowest BCUT2D eigenvalue weighted by molar-refractivity contribution is -0.148. The molecular formula is C19H24N2O6S. The van der Waals surface area contributed by atoms with Gasteiger partial charge in [-0.05, 0) is 30.4 Å². The summed E-state index contributed by atoms with van der Waals surface area (Å²) >= 11 is 0. The molecule has 2 aliphatic rings. The van der Waals surface area contributed by atoms with Crippen LogP contribution in [0.3, 0.4) is 0 Å². The standard InChI is InChI=1S/C19H24N2O6S/c22-18(17-6-10-20(11-7-17)19(23)24)27-14-28(25,26)21-12-8-16(9-13-21)15-4-2-1-3-5-15/h1-5,8,17H,6-7,9-14H2,(H,23,24). The van der Waals surface area contributed by atoms with Gasteiger partial charge in [0.1, 0.15) is 0 Å². The highest BCUT2D eigenvalue weighted by Crippen LogP contribution is 2.24. The Morgan fingerprint density at radius 2 is 1.79 bits per heavy atom. The molecule has 0 radical (unpaired) electrons. The first kappa shape index (κ1) is 20.3. The lowest BCUT2D eigenvalue weighted by Crippen LogP contribution is -2.41. The summed E-state index contributed by atoms with van der Waals surface area (Å²) in [4.78, 5) is 24.3. The summed E-state index contributed by atoms with van der Waals surface area (Å²) in [5.74, 6) is -1.72. The molecule has 8 nitrogen and oxygen atoms in total. The molecule has 0 spiro atoms. The quantitative estimate of drug-likeness (QED) is 0.748. The second-order valence-corrected chi connectivity index (χ2v) is 8.86. The third kappa shape index (κ3) is 4.90. The number of benzene rings is 1. The van der Waals surface area contributed by atoms with Gasteiger partial charge >= 0.3 is 12.1 Å². The van der Waals surface area contributed by atoms with E-state index >= 15 is 0 Å². The average molecular weight is 408 g/mol. The summed E-state index contributed by atoms with van der Waals surface area (Å²) in [6, 6.07) is 9.81. The molecule has 0 saturated carbocycles. The van der Waals surface area contributed by atoms with Gasteiger partial charge in [0, 0.05) is 26.2 Å². The zero-order chi connectivity index (χ0) is 20.1. The number of carbonyl (C=O) groups is 2. The third-order valence-electron chi connectivity index (χ3n) is 5.16. The highest BCUT2D eigenvalue weighted by molar-refractivity contribution is 7.88.